The Balaban J connectivity index is 1.71. The van der Waals surface area contributed by atoms with Gasteiger partial charge in [0.25, 0.3) is 5.91 Å². The van der Waals surface area contributed by atoms with E-state index in [-0.39, 0.29) is 11.9 Å². The lowest BCUT2D eigenvalue weighted by molar-refractivity contribution is 0.0933. The topological polar surface area (TPSA) is 45.5 Å². The molecule has 2 heterocycles. The molecule has 0 spiro atoms. The van der Waals surface area contributed by atoms with Crippen LogP contribution < -0.4 is 5.32 Å². The average Bonchev–Trinajstić information content (AvgIpc) is 3.24. The molecule has 1 unspecified atom stereocenters. The number of hydrogen-bond donors (Lipinski definition) is 1. The summed E-state index contributed by atoms with van der Waals surface area (Å²) in [5.41, 5.74) is 2.94. The maximum absolute atomic E-state index is 12.5. The summed E-state index contributed by atoms with van der Waals surface area (Å²) < 4.78 is 5.60. The largest absolute Gasteiger partial charge is 0.468 e. The predicted molar refractivity (Wildman–Crippen MR) is 90.5 cm³/mol. The minimum Gasteiger partial charge on any atom is -0.468 e. The molecule has 2 aromatic rings. The van der Waals surface area contributed by atoms with Crippen molar-refractivity contribution in [3.63, 3.8) is 0 Å². The molecule has 0 aliphatic carbocycles. The fraction of sp³-hybridized carbons (Fsp3) is 0.421. The van der Waals surface area contributed by atoms with Crippen LogP contribution in [0.25, 0.3) is 0 Å². The van der Waals surface area contributed by atoms with E-state index in [1.165, 1.54) is 12.8 Å². The van der Waals surface area contributed by atoms with Crippen molar-refractivity contribution in [2.45, 2.75) is 32.7 Å². The Morgan fingerprint density at radius 1 is 1.22 bits per heavy atom. The van der Waals surface area contributed by atoms with Crippen molar-refractivity contribution >= 4 is 5.91 Å². The van der Waals surface area contributed by atoms with E-state index >= 15 is 0 Å². The van der Waals surface area contributed by atoms with E-state index in [9.17, 15) is 4.79 Å². The summed E-state index contributed by atoms with van der Waals surface area (Å²) in [6.45, 7) is 6.71. The minimum absolute atomic E-state index is 0.0121. The van der Waals surface area contributed by atoms with Crippen LogP contribution in [-0.2, 0) is 0 Å². The molecule has 1 saturated heterocycles. The molecule has 1 amide bonds. The first-order chi connectivity index (χ1) is 11.2. The molecular weight excluding hydrogens is 288 g/mol. The number of nitrogens with zero attached hydrogens (tertiary/aromatic N) is 1. The zero-order valence-corrected chi connectivity index (χ0v) is 13.8. The van der Waals surface area contributed by atoms with E-state index in [0.717, 1.165) is 35.5 Å². The normalized spacial score (nSPS) is 16.4. The Morgan fingerprint density at radius 2 is 2.00 bits per heavy atom. The second-order valence-corrected chi connectivity index (χ2v) is 6.23. The van der Waals surface area contributed by atoms with Gasteiger partial charge in [-0.25, -0.2) is 0 Å². The smallest absolute Gasteiger partial charge is 0.251 e. The first-order valence-corrected chi connectivity index (χ1v) is 8.28. The Hall–Kier alpha value is -2.07. The van der Waals surface area contributed by atoms with Crippen molar-refractivity contribution < 1.29 is 9.21 Å². The van der Waals surface area contributed by atoms with E-state index in [2.05, 4.69) is 10.2 Å². The van der Waals surface area contributed by atoms with E-state index in [4.69, 9.17) is 4.42 Å². The van der Waals surface area contributed by atoms with Crippen LogP contribution in [0.3, 0.4) is 0 Å². The summed E-state index contributed by atoms with van der Waals surface area (Å²) >= 11 is 0. The van der Waals surface area contributed by atoms with Gasteiger partial charge in [0.15, 0.2) is 0 Å². The summed E-state index contributed by atoms with van der Waals surface area (Å²) in [6, 6.07) is 9.86. The molecule has 122 valence electrons. The third-order valence-corrected chi connectivity index (χ3v) is 4.76. The second kappa shape index (κ2) is 7.01. The number of hydrogen-bond acceptors (Lipinski definition) is 3. The summed E-state index contributed by atoms with van der Waals surface area (Å²) in [6.07, 6.45) is 4.12. The summed E-state index contributed by atoms with van der Waals surface area (Å²) in [4.78, 5) is 14.9. The molecule has 1 aromatic heterocycles. The van der Waals surface area contributed by atoms with Gasteiger partial charge >= 0.3 is 0 Å². The van der Waals surface area contributed by atoms with Gasteiger partial charge in [0.2, 0.25) is 0 Å². The maximum atomic E-state index is 12.5. The van der Waals surface area contributed by atoms with Crippen molar-refractivity contribution in [3.8, 4) is 0 Å². The predicted octanol–water partition coefficient (Wildman–Crippen LogP) is 3.46. The SMILES string of the molecule is Cc1cccc(C(=O)NCC(c2ccco2)N2CCCC2)c1C. The average molecular weight is 312 g/mol. The van der Waals surface area contributed by atoms with Gasteiger partial charge in [-0.15, -0.1) is 0 Å². The first-order valence-electron chi connectivity index (χ1n) is 8.28. The molecule has 3 rings (SSSR count). The molecule has 1 atom stereocenters. The van der Waals surface area contributed by atoms with E-state index in [1.807, 2.05) is 44.2 Å². The molecule has 1 aliphatic rings. The van der Waals surface area contributed by atoms with Crippen molar-refractivity contribution in [2.75, 3.05) is 19.6 Å². The van der Waals surface area contributed by atoms with E-state index < -0.39 is 0 Å². The number of benzene rings is 1. The number of likely N-dealkylation sites (tertiary alicyclic amines) is 1. The van der Waals surface area contributed by atoms with Gasteiger partial charge < -0.3 is 9.73 Å². The van der Waals surface area contributed by atoms with Gasteiger partial charge in [0.05, 0.1) is 12.3 Å². The van der Waals surface area contributed by atoms with E-state index in [0.29, 0.717) is 6.54 Å². The van der Waals surface area contributed by atoms with Gasteiger partial charge in [-0.2, -0.15) is 0 Å². The van der Waals surface area contributed by atoms with Crippen LogP contribution in [0.2, 0.25) is 0 Å². The summed E-state index contributed by atoms with van der Waals surface area (Å²) in [5.74, 6) is 0.912. The zero-order valence-electron chi connectivity index (χ0n) is 13.8. The summed E-state index contributed by atoms with van der Waals surface area (Å²) in [5, 5.41) is 3.09. The molecule has 0 saturated carbocycles. The van der Waals surface area contributed by atoms with Crippen molar-refractivity contribution in [1.29, 1.82) is 0 Å². The molecule has 0 bridgehead atoms. The fourth-order valence-corrected chi connectivity index (χ4v) is 3.23. The quantitative estimate of drug-likeness (QED) is 0.919. The fourth-order valence-electron chi connectivity index (χ4n) is 3.23. The highest BCUT2D eigenvalue weighted by atomic mass is 16.3. The molecule has 23 heavy (non-hydrogen) atoms. The number of furan rings is 1. The Labute approximate surface area is 137 Å². The second-order valence-electron chi connectivity index (χ2n) is 6.23. The molecule has 1 fully saturated rings. The monoisotopic (exact) mass is 312 g/mol. The molecule has 4 heteroatoms. The standard InChI is InChI=1S/C19H24N2O2/c1-14-7-5-8-16(15(14)2)19(22)20-13-17(18-9-6-12-23-18)21-10-3-4-11-21/h5-9,12,17H,3-4,10-11,13H2,1-2H3,(H,20,22). The van der Waals surface area contributed by atoms with Gasteiger partial charge in [0, 0.05) is 12.1 Å². The van der Waals surface area contributed by atoms with Crippen LogP contribution in [0.15, 0.2) is 41.0 Å². The zero-order chi connectivity index (χ0) is 16.2. The maximum Gasteiger partial charge on any atom is 0.251 e. The number of amides is 1. The van der Waals surface area contributed by atoms with Gasteiger partial charge in [-0.3, -0.25) is 9.69 Å². The lowest BCUT2D eigenvalue weighted by Gasteiger charge is -2.26. The Morgan fingerprint density at radius 3 is 2.70 bits per heavy atom. The van der Waals surface area contributed by atoms with Crippen LogP contribution in [0, 0.1) is 13.8 Å². The third-order valence-electron chi connectivity index (χ3n) is 4.76. The Kier molecular flexibility index (Phi) is 4.82. The van der Waals surface area contributed by atoms with E-state index in [1.54, 1.807) is 6.26 Å². The van der Waals surface area contributed by atoms with Crippen molar-refractivity contribution in [3.05, 3.63) is 59.0 Å². The van der Waals surface area contributed by atoms with Gasteiger partial charge in [0.1, 0.15) is 5.76 Å². The molecule has 1 aromatic carbocycles. The number of nitrogens with one attached hydrogen (secondary N) is 1. The third kappa shape index (κ3) is 3.48. The van der Waals surface area contributed by atoms with Crippen molar-refractivity contribution in [1.82, 2.24) is 10.2 Å². The highest BCUT2D eigenvalue weighted by molar-refractivity contribution is 5.95. The first kappa shape index (κ1) is 15.8. The van der Waals surface area contributed by atoms with Crippen LogP contribution in [-0.4, -0.2) is 30.4 Å². The highest BCUT2D eigenvalue weighted by Crippen LogP contribution is 2.25. The van der Waals surface area contributed by atoms with Crippen LogP contribution in [0.1, 0.15) is 46.1 Å². The van der Waals surface area contributed by atoms with Crippen molar-refractivity contribution in [2.24, 2.45) is 0 Å². The number of carbonyl (C=O) groups is 1. The highest BCUT2D eigenvalue weighted by Gasteiger charge is 2.26. The van der Waals surface area contributed by atoms with Crippen LogP contribution in [0.5, 0.6) is 0 Å². The molecule has 1 N–H and O–H groups in total. The lowest BCUT2D eigenvalue weighted by Crippen LogP contribution is -2.36. The molecular formula is C19H24N2O2. The Bertz CT molecular complexity index is 658. The molecule has 0 radical (unpaired) electrons. The minimum atomic E-state index is -0.0121. The molecule has 4 nitrogen and oxygen atoms in total. The number of carbonyl (C=O) groups excluding carboxylic acids is 1. The van der Waals surface area contributed by atoms with Gasteiger partial charge in [-0.05, 0) is 69.1 Å². The van der Waals surface area contributed by atoms with Gasteiger partial charge in [-0.1, -0.05) is 12.1 Å². The van der Waals surface area contributed by atoms with Crippen LogP contribution >= 0.6 is 0 Å². The number of aryl methyl sites for hydroxylation is 1. The lowest BCUT2D eigenvalue weighted by atomic mass is 10.0. The van der Waals surface area contributed by atoms with Crippen LogP contribution in [0.4, 0.5) is 0 Å². The molecule has 1 aliphatic heterocycles. The number of rotatable bonds is 5. The summed E-state index contributed by atoms with van der Waals surface area (Å²) in [7, 11) is 0.